The molecular weight excluding hydrogens is 375 g/mol. The molecule has 0 heterocycles. The average Bonchev–Trinajstić information content (AvgIpc) is 2.60. The molecule has 0 radical (unpaired) electrons. The van der Waals surface area contributed by atoms with Gasteiger partial charge in [0.25, 0.3) is 10.1 Å². The van der Waals surface area contributed by atoms with Crippen LogP contribution in [-0.2, 0) is 18.9 Å². The lowest BCUT2D eigenvalue weighted by atomic mass is 10.0. The number of benzene rings is 2. The summed E-state index contributed by atoms with van der Waals surface area (Å²) in [5.41, 5.74) is -1.83. The van der Waals surface area contributed by atoms with Crippen molar-refractivity contribution >= 4 is 27.9 Å². The van der Waals surface area contributed by atoms with Gasteiger partial charge in [-0.25, -0.2) is 0 Å². The maximum Gasteiger partial charge on any atom is 0.264 e. The smallest absolute Gasteiger partial charge is 0.264 e. The van der Waals surface area contributed by atoms with Crippen LogP contribution < -0.4 is 10.6 Å². The SMILES string of the molecule is C[C@@](O)(CP(=O)(c1ccccc1)c1ccccc1)[C@@H](O)COS(C)(=O)=O. The minimum Gasteiger partial charge on any atom is -0.388 e. The van der Waals surface area contributed by atoms with Crippen molar-refractivity contribution in [3.63, 3.8) is 0 Å². The van der Waals surface area contributed by atoms with E-state index in [1.165, 1.54) is 6.92 Å². The predicted octanol–water partition coefficient (Wildman–Crippen LogP) is 1.09. The molecule has 0 saturated heterocycles. The summed E-state index contributed by atoms with van der Waals surface area (Å²) >= 11 is 0. The minimum atomic E-state index is -3.77. The highest BCUT2D eigenvalue weighted by Gasteiger charge is 2.41. The van der Waals surface area contributed by atoms with Crippen LogP contribution in [0.15, 0.2) is 60.7 Å². The topological polar surface area (TPSA) is 101 Å². The number of hydrogen-bond acceptors (Lipinski definition) is 6. The fraction of sp³-hybridized carbons (Fsp3) is 0.333. The van der Waals surface area contributed by atoms with Gasteiger partial charge in [-0.2, -0.15) is 8.42 Å². The third-order valence-electron chi connectivity index (χ3n) is 4.05. The lowest BCUT2D eigenvalue weighted by Crippen LogP contribution is -2.47. The normalized spacial score (nSPS) is 16.0. The van der Waals surface area contributed by atoms with Crippen molar-refractivity contribution in [2.24, 2.45) is 0 Å². The first-order valence-corrected chi connectivity index (χ1v) is 11.7. The van der Waals surface area contributed by atoms with Crippen molar-refractivity contribution in [3.8, 4) is 0 Å². The maximum absolute atomic E-state index is 13.9. The average molecular weight is 398 g/mol. The van der Waals surface area contributed by atoms with E-state index in [1.807, 2.05) is 0 Å². The Kier molecular flexibility index (Phi) is 6.42. The third-order valence-corrected chi connectivity index (χ3v) is 7.96. The molecule has 8 heteroatoms. The highest BCUT2D eigenvalue weighted by Crippen LogP contribution is 2.46. The Hall–Kier alpha value is -1.50. The molecule has 0 amide bonds. The molecule has 0 spiro atoms. The van der Waals surface area contributed by atoms with Crippen LogP contribution in [0.25, 0.3) is 0 Å². The van der Waals surface area contributed by atoms with E-state index in [4.69, 9.17) is 0 Å². The Bertz CT molecular complexity index is 822. The molecule has 2 atom stereocenters. The van der Waals surface area contributed by atoms with Crippen LogP contribution in [0.5, 0.6) is 0 Å². The van der Waals surface area contributed by atoms with Crippen LogP contribution in [0.4, 0.5) is 0 Å². The van der Waals surface area contributed by atoms with Gasteiger partial charge in [0.05, 0.1) is 18.5 Å². The molecule has 0 saturated carbocycles. The number of hydrogen-bond donors (Lipinski definition) is 2. The summed E-state index contributed by atoms with van der Waals surface area (Å²) in [6.45, 7) is 0.706. The van der Waals surface area contributed by atoms with E-state index in [0.717, 1.165) is 6.26 Å². The van der Waals surface area contributed by atoms with Crippen molar-refractivity contribution in [2.45, 2.75) is 18.6 Å². The first kappa shape index (κ1) is 20.8. The second-order valence-electron chi connectivity index (χ2n) is 6.43. The Balaban J connectivity index is 2.37. The molecule has 0 fully saturated rings. The van der Waals surface area contributed by atoms with Crippen LogP contribution in [-0.4, -0.2) is 49.4 Å². The van der Waals surface area contributed by atoms with Gasteiger partial charge in [-0.1, -0.05) is 60.7 Å². The van der Waals surface area contributed by atoms with E-state index in [1.54, 1.807) is 60.7 Å². The molecule has 2 aromatic rings. The molecule has 2 rings (SSSR count). The number of aliphatic hydroxyl groups is 2. The molecule has 142 valence electrons. The Morgan fingerprint density at radius 3 is 1.85 bits per heavy atom. The van der Waals surface area contributed by atoms with Crippen LogP contribution in [0.3, 0.4) is 0 Å². The standard InChI is InChI=1S/C18H23O6PS/c1-18(20,17(19)13-24-26(2,22)23)14-25(21,15-9-5-3-6-10-15)16-11-7-4-8-12-16/h3-12,17,19-20H,13-14H2,1-2H3/t17-,18+/m0/s1. The number of rotatable bonds is 8. The molecular formula is C18H23O6PS. The van der Waals surface area contributed by atoms with E-state index >= 15 is 0 Å². The van der Waals surface area contributed by atoms with Crippen molar-refractivity contribution < 1.29 is 27.4 Å². The van der Waals surface area contributed by atoms with Crippen molar-refractivity contribution in [3.05, 3.63) is 60.7 Å². The minimum absolute atomic E-state index is 0.262. The van der Waals surface area contributed by atoms with E-state index in [-0.39, 0.29) is 6.16 Å². The molecule has 0 aliphatic heterocycles. The number of aliphatic hydroxyl groups excluding tert-OH is 1. The predicted molar refractivity (Wildman–Crippen MR) is 102 cm³/mol. The summed E-state index contributed by atoms with van der Waals surface area (Å²) in [6.07, 6.45) is -0.937. The zero-order valence-corrected chi connectivity index (χ0v) is 16.4. The first-order valence-electron chi connectivity index (χ1n) is 8.00. The lowest BCUT2D eigenvalue weighted by molar-refractivity contribution is -0.0627. The van der Waals surface area contributed by atoms with Gasteiger partial charge in [0, 0.05) is 16.8 Å². The Morgan fingerprint density at radius 2 is 1.46 bits per heavy atom. The van der Waals surface area contributed by atoms with Crippen LogP contribution in [0, 0.1) is 0 Å². The molecule has 2 aromatic carbocycles. The fourth-order valence-corrected chi connectivity index (χ4v) is 6.05. The summed E-state index contributed by atoms with van der Waals surface area (Å²) < 4.78 is 40.7. The van der Waals surface area contributed by atoms with Gasteiger partial charge in [-0.15, -0.1) is 0 Å². The highest BCUT2D eigenvalue weighted by atomic mass is 32.2. The van der Waals surface area contributed by atoms with Gasteiger partial charge in [0.1, 0.15) is 13.2 Å². The van der Waals surface area contributed by atoms with Gasteiger partial charge in [0.2, 0.25) is 0 Å². The van der Waals surface area contributed by atoms with E-state index in [9.17, 15) is 23.2 Å². The van der Waals surface area contributed by atoms with Gasteiger partial charge in [-0.3, -0.25) is 4.18 Å². The Morgan fingerprint density at radius 1 is 1.04 bits per heavy atom. The van der Waals surface area contributed by atoms with Gasteiger partial charge < -0.3 is 14.8 Å². The van der Waals surface area contributed by atoms with Gasteiger partial charge in [-0.05, 0) is 6.92 Å². The summed E-state index contributed by atoms with van der Waals surface area (Å²) in [5, 5.41) is 22.1. The summed E-state index contributed by atoms with van der Waals surface area (Å²) in [5.74, 6) is 0. The summed E-state index contributed by atoms with van der Waals surface area (Å²) in [7, 11) is -7.05. The van der Waals surface area contributed by atoms with Crippen LogP contribution >= 0.6 is 7.14 Å². The lowest BCUT2D eigenvalue weighted by Gasteiger charge is -2.33. The molecule has 6 nitrogen and oxygen atoms in total. The maximum atomic E-state index is 13.9. The molecule has 0 aliphatic carbocycles. The van der Waals surface area contributed by atoms with E-state index < -0.39 is 35.6 Å². The van der Waals surface area contributed by atoms with E-state index in [2.05, 4.69) is 4.18 Å². The zero-order valence-electron chi connectivity index (χ0n) is 14.6. The van der Waals surface area contributed by atoms with Gasteiger partial charge in [0.15, 0.2) is 0 Å². The molecule has 0 unspecified atom stereocenters. The molecule has 0 aliphatic rings. The zero-order chi connectivity index (χ0) is 19.4. The second kappa shape index (κ2) is 8.03. The molecule has 2 N–H and O–H groups in total. The fourth-order valence-electron chi connectivity index (χ4n) is 2.59. The highest BCUT2D eigenvalue weighted by molar-refractivity contribution is 7.86. The van der Waals surface area contributed by atoms with Crippen molar-refractivity contribution in [1.82, 2.24) is 0 Å². The Labute approximate surface area is 154 Å². The largest absolute Gasteiger partial charge is 0.388 e. The first-order chi connectivity index (χ1) is 12.0. The summed E-state index contributed by atoms with van der Waals surface area (Å²) in [6, 6.07) is 17.5. The summed E-state index contributed by atoms with van der Waals surface area (Å²) in [4.78, 5) is 0. The second-order valence-corrected chi connectivity index (χ2v) is 10.9. The van der Waals surface area contributed by atoms with Crippen LogP contribution in [0.1, 0.15) is 6.92 Å². The van der Waals surface area contributed by atoms with Crippen LogP contribution in [0.2, 0.25) is 0 Å². The molecule has 0 bridgehead atoms. The monoisotopic (exact) mass is 398 g/mol. The molecule has 26 heavy (non-hydrogen) atoms. The van der Waals surface area contributed by atoms with E-state index in [0.29, 0.717) is 10.6 Å². The van der Waals surface area contributed by atoms with Crippen molar-refractivity contribution in [2.75, 3.05) is 19.0 Å². The van der Waals surface area contributed by atoms with Gasteiger partial charge >= 0.3 is 0 Å². The molecule has 0 aromatic heterocycles. The third kappa shape index (κ3) is 5.25. The van der Waals surface area contributed by atoms with Crippen molar-refractivity contribution in [1.29, 1.82) is 0 Å². The quantitative estimate of drug-likeness (QED) is 0.510.